The Kier molecular flexibility index (Phi) is 4.64. The number of aromatic nitrogens is 1. The molecule has 148 valence electrons. The molecule has 1 N–H and O–H groups in total. The summed E-state index contributed by atoms with van der Waals surface area (Å²) in [6.07, 6.45) is 5.02. The van der Waals surface area contributed by atoms with Crippen LogP contribution < -0.4 is 10.9 Å². The molecular weight excluding hydrogens is 370 g/mol. The van der Waals surface area contributed by atoms with Gasteiger partial charge in [0.15, 0.2) is 0 Å². The Bertz CT molecular complexity index is 898. The van der Waals surface area contributed by atoms with Gasteiger partial charge in [0.05, 0.1) is 18.0 Å². The highest BCUT2D eigenvalue weighted by Crippen LogP contribution is 2.54. The molecule has 4 atom stereocenters. The first-order valence-electron chi connectivity index (χ1n) is 9.34. The lowest BCUT2D eigenvalue weighted by molar-refractivity contribution is -0.121. The van der Waals surface area contributed by atoms with Crippen LogP contribution in [0.1, 0.15) is 19.3 Å². The molecule has 3 fully saturated rings. The van der Waals surface area contributed by atoms with Gasteiger partial charge in [-0.1, -0.05) is 6.07 Å². The van der Waals surface area contributed by atoms with Crippen molar-refractivity contribution in [2.75, 3.05) is 25.9 Å². The van der Waals surface area contributed by atoms with E-state index in [1.165, 1.54) is 21.2 Å². The van der Waals surface area contributed by atoms with E-state index in [0.717, 1.165) is 12.8 Å². The van der Waals surface area contributed by atoms with Gasteiger partial charge in [-0.25, -0.2) is 8.42 Å². The van der Waals surface area contributed by atoms with Crippen LogP contribution in [0.5, 0.6) is 0 Å². The first kappa shape index (κ1) is 18.6. The Hall–Kier alpha value is -1.71. The molecule has 9 heteroatoms. The van der Waals surface area contributed by atoms with E-state index in [0.29, 0.717) is 26.2 Å². The molecule has 2 bridgehead atoms. The molecule has 1 amide bonds. The molecule has 4 rings (SSSR count). The molecule has 27 heavy (non-hydrogen) atoms. The van der Waals surface area contributed by atoms with Gasteiger partial charge in [0, 0.05) is 56.7 Å². The number of fused-ring (bicyclic) bond motifs is 1. The van der Waals surface area contributed by atoms with Gasteiger partial charge in [0.1, 0.15) is 0 Å². The number of hydrogen-bond acceptors (Lipinski definition) is 5. The van der Waals surface area contributed by atoms with Gasteiger partial charge < -0.3 is 14.6 Å². The molecule has 0 radical (unpaired) electrons. The normalized spacial score (nSPS) is 32.6. The third-order valence-corrected chi connectivity index (χ3v) is 7.45. The average molecular weight is 395 g/mol. The Morgan fingerprint density at radius 1 is 1.41 bits per heavy atom. The molecule has 4 heterocycles. The fraction of sp³-hybridized carbons (Fsp3) is 0.667. The topological polar surface area (TPSA) is 97.7 Å². The minimum Gasteiger partial charge on any atom is -0.370 e. The molecule has 1 spiro atoms. The van der Waals surface area contributed by atoms with Crippen LogP contribution in [0, 0.1) is 11.8 Å². The molecule has 8 nitrogen and oxygen atoms in total. The Morgan fingerprint density at radius 3 is 2.96 bits per heavy atom. The van der Waals surface area contributed by atoms with Crippen molar-refractivity contribution >= 4 is 15.9 Å². The average Bonchev–Trinajstić information content (AvgIpc) is 3.27. The lowest BCUT2D eigenvalue weighted by atomic mass is 9.73. The number of nitrogens with one attached hydrogen (secondary N) is 1. The van der Waals surface area contributed by atoms with E-state index in [4.69, 9.17) is 4.74 Å². The third-order valence-electron chi connectivity index (χ3n) is 6.24. The second-order valence-corrected chi connectivity index (χ2v) is 9.85. The fourth-order valence-corrected chi connectivity index (χ4v) is 5.75. The SMILES string of the molecule is CS(=O)(=O)N1C[C@@H]2[C@H](CNC(=O)CCn3ccccc3=O)[C@H]3CC[C@]2(C1)O3. The third kappa shape index (κ3) is 3.43. The Balaban J connectivity index is 1.34. The summed E-state index contributed by atoms with van der Waals surface area (Å²) < 4.78 is 33.1. The van der Waals surface area contributed by atoms with Crippen molar-refractivity contribution < 1.29 is 17.9 Å². The Morgan fingerprint density at radius 2 is 2.22 bits per heavy atom. The van der Waals surface area contributed by atoms with E-state index >= 15 is 0 Å². The van der Waals surface area contributed by atoms with Gasteiger partial charge in [-0.2, -0.15) is 4.31 Å². The Labute approximate surface area is 158 Å². The van der Waals surface area contributed by atoms with Crippen LogP contribution >= 0.6 is 0 Å². The summed E-state index contributed by atoms with van der Waals surface area (Å²) in [5.74, 6) is 0.150. The largest absolute Gasteiger partial charge is 0.370 e. The number of nitrogens with zero attached hydrogens (tertiary/aromatic N) is 2. The van der Waals surface area contributed by atoms with E-state index in [1.807, 2.05) is 0 Å². The highest BCUT2D eigenvalue weighted by atomic mass is 32.2. The lowest BCUT2D eigenvalue weighted by Gasteiger charge is -2.29. The van der Waals surface area contributed by atoms with Crippen molar-refractivity contribution in [2.45, 2.75) is 37.5 Å². The zero-order chi connectivity index (χ0) is 19.2. The second kappa shape index (κ2) is 6.72. The summed E-state index contributed by atoms with van der Waals surface area (Å²) in [5, 5.41) is 2.96. The summed E-state index contributed by atoms with van der Waals surface area (Å²) in [5.41, 5.74) is -0.499. The van der Waals surface area contributed by atoms with E-state index in [1.54, 1.807) is 18.3 Å². The minimum absolute atomic E-state index is 0.0914. The second-order valence-electron chi connectivity index (χ2n) is 7.87. The van der Waals surface area contributed by atoms with Crippen molar-refractivity contribution in [2.24, 2.45) is 11.8 Å². The van der Waals surface area contributed by atoms with Crippen molar-refractivity contribution in [1.82, 2.24) is 14.2 Å². The van der Waals surface area contributed by atoms with Gasteiger partial charge >= 0.3 is 0 Å². The molecule has 3 aliphatic heterocycles. The minimum atomic E-state index is -3.24. The molecule has 3 saturated heterocycles. The van der Waals surface area contributed by atoms with Gasteiger partial charge in [-0.3, -0.25) is 9.59 Å². The number of ether oxygens (including phenoxy) is 1. The first-order valence-corrected chi connectivity index (χ1v) is 11.2. The summed E-state index contributed by atoms with van der Waals surface area (Å²) in [6.45, 7) is 1.71. The van der Waals surface area contributed by atoms with Crippen LogP contribution in [0.3, 0.4) is 0 Å². The fourth-order valence-electron chi connectivity index (χ4n) is 4.86. The summed E-state index contributed by atoms with van der Waals surface area (Å²) in [7, 11) is -3.24. The van der Waals surface area contributed by atoms with Crippen LogP contribution in [0.25, 0.3) is 0 Å². The molecule has 1 aromatic heterocycles. The number of pyridine rings is 1. The molecule has 3 aliphatic rings. The number of carbonyl (C=O) groups excluding carboxylic acids is 1. The van der Waals surface area contributed by atoms with Gasteiger partial charge in [-0.05, 0) is 18.9 Å². The predicted octanol–water partition coefficient (Wildman–Crippen LogP) is -0.206. The standard InChI is InChI=1S/C18H25N3O5S/c1-27(24,25)21-11-14-13(15-5-7-18(14,12-21)26-15)10-19-16(22)6-9-20-8-3-2-4-17(20)23/h2-4,8,13-15H,5-7,9-12H2,1H3,(H,19,22)/t13-,14+,15+,18+/m0/s1. The quantitative estimate of drug-likeness (QED) is 0.719. The van der Waals surface area contributed by atoms with Crippen LogP contribution in [0.15, 0.2) is 29.2 Å². The number of carbonyl (C=O) groups is 1. The first-order chi connectivity index (χ1) is 12.8. The molecule has 0 saturated carbocycles. The zero-order valence-electron chi connectivity index (χ0n) is 15.3. The van der Waals surface area contributed by atoms with Gasteiger partial charge in [-0.15, -0.1) is 0 Å². The molecule has 0 unspecified atom stereocenters. The van der Waals surface area contributed by atoms with E-state index in [9.17, 15) is 18.0 Å². The maximum atomic E-state index is 12.2. The van der Waals surface area contributed by atoms with Gasteiger partial charge in [0.25, 0.3) is 5.56 Å². The van der Waals surface area contributed by atoms with Crippen LogP contribution in [-0.2, 0) is 26.1 Å². The van der Waals surface area contributed by atoms with Crippen molar-refractivity contribution in [3.8, 4) is 0 Å². The zero-order valence-corrected chi connectivity index (χ0v) is 16.2. The molecular formula is C18H25N3O5S. The van der Waals surface area contributed by atoms with Crippen LogP contribution in [0.2, 0.25) is 0 Å². The van der Waals surface area contributed by atoms with Gasteiger partial charge in [0.2, 0.25) is 15.9 Å². The van der Waals surface area contributed by atoms with Crippen LogP contribution in [-0.4, -0.2) is 60.8 Å². The smallest absolute Gasteiger partial charge is 0.250 e. The summed E-state index contributed by atoms with van der Waals surface area (Å²) in [4.78, 5) is 23.9. The van der Waals surface area contributed by atoms with E-state index in [-0.39, 0.29) is 41.4 Å². The van der Waals surface area contributed by atoms with Crippen molar-refractivity contribution in [1.29, 1.82) is 0 Å². The maximum absolute atomic E-state index is 12.2. The number of aryl methyl sites for hydroxylation is 1. The summed E-state index contributed by atoms with van der Waals surface area (Å²) in [6, 6.07) is 4.90. The highest BCUT2D eigenvalue weighted by molar-refractivity contribution is 7.88. The van der Waals surface area contributed by atoms with Crippen LogP contribution in [0.4, 0.5) is 0 Å². The molecule has 0 aromatic carbocycles. The van der Waals surface area contributed by atoms with Crippen molar-refractivity contribution in [3.05, 3.63) is 34.7 Å². The predicted molar refractivity (Wildman–Crippen MR) is 98.6 cm³/mol. The van der Waals surface area contributed by atoms with Crippen molar-refractivity contribution in [3.63, 3.8) is 0 Å². The lowest BCUT2D eigenvalue weighted by Crippen LogP contribution is -2.42. The number of hydrogen-bond donors (Lipinski definition) is 1. The molecule has 0 aliphatic carbocycles. The van der Waals surface area contributed by atoms with E-state index < -0.39 is 10.0 Å². The molecule has 1 aromatic rings. The highest BCUT2D eigenvalue weighted by Gasteiger charge is 2.63. The van der Waals surface area contributed by atoms with E-state index in [2.05, 4.69) is 5.32 Å². The number of sulfonamides is 1. The summed E-state index contributed by atoms with van der Waals surface area (Å²) >= 11 is 0. The number of rotatable bonds is 6. The maximum Gasteiger partial charge on any atom is 0.250 e. The monoisotopic (exact) mass is 395 g/mol. The number of amides is 1.